The number of nitrogens with zero attached hydrogens (tertiary/aromatic N) is 1. The predicted octanol–water partition coefficient (Wildman–Crippen LogP) is 1.74. The van der Waals surface area contributed by atoms with E-state index >= 15 is 0 Å². The Hall–Kier alpha value is -2.08. The van der Waals surface area contributed by atoms with E-state index in [-0.39, 0.29) is 24.8 Å². The van der Waals surface area contributed by atoms with E-state index in [0.29, 0.717) is 26.3 Å². The van der Waals surface area contributed by atoms with Crippen molar-refractivity contribution in [1.29, 1.82) is 0 Å². The standard InChI is InChI=1S/C19H28N2O4/c1-13-11-14(2)15(3)17(12-13)25-8-5-18(22)20-16(4)19(23)21-6-9-24-10-7-21/h11-12,16H,5-10H2,1-4H3,(H,20,22)/t16-/m1/s1. The van der Waals surface area contributed by atoms with Gasteiger partial charge in [-0.2, -0.15) is 0 Å². The molecule has 25 heavy (non-hydrogen) atoms. The van der Waals surface area contributed by atoms with E-state index in [1.54, 1.807) is 11.8 Å². The molecule has 0 saturated carbocycles. The molecule has 6 heteroatoms. The lowest BCUT2D eigenvalue weighted by Gasteiger charge is -2.29. The molecule has 1 N–H and O–H groups in total. The molecule has 0 spiro atoms. The summed E-state index contributed by atoms with van der Waals surface area (Å²) >= 11 is 0. The van der Waals surface area contributed by atoms with Crippen molar-refractivity contribution < 1.29 is 19.1 Å². The van der Waals surface area contributed by atoms with Crippen molar-refractivity contribution in [1.82, 2.24) is 10.2 Å². The van der Waals surface area contributed by atoms with E-state index in [4.69, 9.17) is 9.47 Å². The van der Waals surface area contributed by atoms with Crippen LogP contribution in [0.25, 0.3) is 0 Å². The lowest BCUT2D eigenvalue weighted by molar-refractivity contribution is -0.139. The van der Waals surface area contributed by atoms with Crippen LogP contribution in [0.1, 0.15) is 30.0 Å². The number of morpholine rings is 1. The summed E-state index contributed by atoms with van der Waals surface area (Å²) in [6.45, 7) is 10.3. The van der Waals surface area contributed by atoms with Crippen LogP contribution >= 0.6 is 0 Å². The fourth-order valence-corrected chi connectivity index (χ4v) is 2.84. The number of hydrogen-bond donors (Lipinski definition) is 1. The number of benzene rings is 1. The average molecular weight is 348 g/mol. The Kier molecular flexibility index (Phi) is 6.82. The van der Waals surface area contributed by atoms with E-state index in [1.165, 1.54) is 5.56 Å². The van der Waals surface area contributed by atoms with Gasteiger partial charge in [0.2, 0.25) is 11.8 Å². The zero-order valence-corrected chi connectivity index (χ0v) is 15.6. The summed E-state index contributed by atoms with van der Waals surface area (Å²) < 4.78 is 11.0. The first-order valence-corrected chi connectivity index (χ1v) is 8.75. The first-order valence-electron chi connectivity index (χ1n) is 8.75. The second kappa shape index (κ2) is 8.85. The molecule has 0 aromatic heterocycles. The Morgan fingerprint density at radius 1 is 1.24 bits per heavy atom. The predicted molar refractivity (Wildman–Crippen MR) is 95.8 cm³/mol. The second-order valence-corrected chi connectivity index (χ2v) is 6.53. The summed E-state index contributed by atoms with van der Waals surface area (Å²) in [6, 6.07) is 3.55. The van der Waals surface area contributed by atoms with Gasteiger partial charge in [0.1, 0.15) is 11.8 Å². The summed E-state index contributed by atoms with van der Waals surface area (Å²) in [5.41, 5.74) is 3.39. The zero-order chi connectivity index (χ0) is 18.4. The molecule has 1 fully saturated rings. The van der Waals surface area contributed by atoms with Crippen molar-refractivity contribution in [3.63, 3.8) is 0 Å². The summed E-state index contributed by atoms with van der Waals surface area (Å²) in [5, 5.41) is 2.75. The van der Waals surface area contributed by atoms with Crippen LogP contribution < -0.4 is 10.1 Å². The molecule has 1 atom stereocenters. The van der Waals surface area contributed by atoms with Gasteiger partial charge in [0, 0.05) is 13.1 Å². The molecular weight excluding hydrogens is 320 g/mol. The highest BCUT2D eigenvalue weighted by Gasteiger charge is 2.23. The van der Waals surface area contributed by atoms with Crippen LogP contribution in [-0.2, 0) is 14.3 Å². The molecule has 1 aliphatic rings. The Labute approximate surface area is 149 Å². The number of carbonyl (C=O) groups excluding carboxylic acids is 2. The van der Waals surface area contributed by atoms with Gasteiger partial charge < -0.3 is 19.7 Å². The highest BCUT2D eigenvalue weighted by Crippen LogP contribution is 2.23. The van der Waals surface area contributed by atoms with Gasteiger partial charge in [-0.1, -0.05) is 6.07 Å². The quantitative estimate of drug-likeness (QED) is 0.850. The van der Waals surface area contributed by atoms with Gasteiger partial charge >= 0.3 is 0 Å². The average Bonchev–Trinajstić information content (AvgIpc) is 2.59. The van der Waals surface area contributed by atoms with E-state index in [1.807, 2.05) is 26.8 Å². The largest absolute Gasteiger partial charge is 0.493 e. The fraction of sp³-hybridized carbons (Fsp3) is 0.579. The van der Waals surface area contributed by atoms with Crippen LogP contribution in [0.5, 0.6) is 5.75 Å². The fourth-order valence-electron chi connectivity index (χ4n) is 2.84. The molecule has 6 nitrogen and oxygen atoms in total. The highest BCUT2D eigenvalue weighted by atomic mass is 16.5. The SMILES string of the molecule is Cc1cc(C)c(C)c(OCCC(=O)N[C@H](C)C(=O)N2CCOCC2)c1. The lowest BCUT2D eigenvalue weighted by atomic mass is 10.1. The molecule has 0 unspecified atom stereocenters. The summed E-state index contributed by atoms with van der Waals surface area (Å²) in [4.78, 5) is 26.1. The van der Waals surface area contributed by atoms with Crippen molar-refractivity contribution in [2.24, 2.45) is 0 Å². The Morgan fingerprint density at radius 2 is 1.92 bits per heavy atom. The summed E-state index contributed by atoms with van der Waals surface area (Å²) in [7, 11) is 0. The molecule has 138 valence electrons. The number of amides is 2. The van der Waals surface area contributed by atoms with Crippen molar-refractivity contribution in [2.45, 2.75) is 40.2 Å². The maximum atomic E-state index is 12.3. The molecule has 1 aliphatic heterocycles. The van der Waals surface area contributed by atoms with Crippen LogP contribution in [0.3, 0.4) is 0 Å². The van der Waals surface area contributed by atoms with Crippen LogP contribution in [0.4, 0.5) is 0 Å². The second-order valence-electron chi connectivity index (χ2n) is 6.53. The molecule has 0 aliphatic carbocycles. The molecule has 1 saturated heterocycles. The van der Waals surface area contributed by atoms with Gasteiger partial charge in [0.15, 0.2) is 0 Å². The third-order valence-electron chi connectivity index (χ3n) is 4.42. The van der Waals surface area contributed by atoms with E-state index < -0.39 is 6.04 Å². The minimum Gasteiger partial charge on any atom is -0.493 e. The maximum absolute atomic E-state index is 12.3. The molecule has 0 bridgehead atoms. The summed E-state index contributed by atoms with van der Waals surface area (Å²) in [6.07, 6.45) is 0.215. The topological polar surface area (TPSA) is 67.9 Å². The molecule has 1 aromatic rings. The van der Waals surface area contributed by atoms with E-state index in [0.717, 1.165) is 16.9 Å². The van der Waals surface area contributed by atoms with Gasteiger partial charge in [0.25, 0.3) is 0 Å². The number of hydrogen-bond acceptors (Lipinski definition) is 4. The Morgan fingerprint density at radius 3 is 2.60 bits per heavy atom. The lowest BCUT2D eigenvalue weighted by Crippen LogP contribution is -2.50. The Bertz CT molecular complexity index is 624. The first-order chi connectivity index (χ1) is 11.9. The van der Waals surface area contributed by atoms with Gasteiger partial charge in [-0.05, 0) is 50.5 Å². The minimum absolute atomic E-state index is 0.0669. The zero-order valence-electron chi connectivity index (χ0n) is 15.6. The summed E-state index contributed by atoms with van der Waals surface area (Å²) in [5.74, 6) is 0.557. The minimum atomic E-state index is -0.534. The molecule has 1 aromatic carbocycles. The number of nitrogens with one attached hydrogen (secondary N) is 1. The Balaban J connectivity index is 1.77. The van der Waals surface area contributed by atoms with Crippen molar-refractivity contribution in [3.8, 4) is 5.75 Å². The number of rotatable bonds is 6. The highest BCUT2D eigenvalue weighted by molar-refractivity contribution is 5.87. The van der Waals surface area contributed by atoms with Gasteiger partial charge in [0.05, 0.1) is 26.2 Å². The first kappa shape index (κ1) is 19.2. The van der Waals surface area contributed by atoms with Crippen LogP contribution in [-0.4, -0.2) is 55.7 Å². The van der Waals surface area contributed by atoms with Gasteiger partial charge in [-0.3, -0.25) is 9.59 Å². The van der Waals surface area contributed by atoms with Crippen LogP contribution in [0.15, 0.2) is 12.1 Å². The van der Waals surface area contributed by atoms with Crippen LogP contribution in [0, 0.1) is 20.8 Å². The maximum Gasteiger partial charge on any atom is 0.245 e. The normalized spacial score (nSPS) is 15.6. The van der Waals surface area contributed by atoms with Crippen molar-refractivity contribution >= 4 is 11.8 Å². The van der Waals surface area contributed by atoms with Gasteiger partial charge in [-0.25, -0.2) is 0 Å². The molecular formula is C19H28N2O4. The van der Waals surface area contributed by atoms with Crippen LogP contribution in [0.2, 0.25) is 0 Å². The number of carbonyl (C=O) groups is 2. The van der Waals surface area contributed by atoms with Crippen molar-refractivity contribution in [2.75, 3.05) is 32.9 Å². The molecule has 1 heterocycles. The third kappa shape index (κ3) is 5.46. The molecule has 2 amide bonds. The smallest absolute Gasteiger partial charge is 0.245 e. The number of ether oxygens (including phenoxy) is 2. The van der Waals surface area contributed by atoms with Gasteiger partial charge in [-0.15, -0.1) is 0 Å². The monoisotopic (exact) mass is 348 g/mol. The van der Waals surface area contributed by atoms with E-state index in [9.17, 15) is 9.59 Å². The van der Waals surface area contributed by atoms with E-state index in [2.05, 4.69) is 11.4 Å². The molecule has 2 rings (SSSR count). The number of aryl methyl sites for hydroxylation is 2. The third-order valence-corrected chi connectivity index (χ3v) is 4.42. The molecule has 0 radical (unpaired) electrons. The van der Waals surface area contributed by atoms with Crippen molar-refractivity contribution in [3.05, 3.63) is 28.8 Å².